The number of aromatic nitrogens is 1. The number of anilines is 1. The van der Waals surface area contributed by atoms with Crippen molar-refractivity contribution in [2.24, 2.45) is 0 Å². The fourth-order valence-corrected chi connectivity index (χ4v) is 1.76. The molecule has 0 amide bonds. The minimum absolute atomic E-state index is 0.0148. The van der Waals surface area contributed by atoms with E-state index in [4.69, 9.17) is 10.8 Å². The van der Waals surface area contributed by atoms with Gasteiger partial charge in [-0.05, 0) is 36.8 Å². The summed E-state index contributed by atoms with van der Waals surface area (Å²) in [5, 5.41) is 8.78. The minimum Gasteiger partial charge on any atom is -0.477 e. The Bertz CT molecular complexity index is 609. The maximum absolute atomic E-state index is 12.1. The predicted octanol–water partition coefficient (Wildman–Crippen LogP) is 1.83. The molecule has 0 saturated heterocycles. The van der Waals surface area contributed by atoms with Crippen LogP contribution in [0.15, 0.2) is 30.5 Å². The number of nitrogens with one attached hydrogen (secondary N) is 1. The van der Waals surface area contributed by atoms with Gasteiger partial charge >= 0.3 is 5.97 Å². The standard InChI is InChI=1S/C13H12N2O3/c1-7-2-8(4-10(14)3-7)12(16)9-5-11(13(17)18)15-6-9/h2-6,15H,14H2,1H3,(H,17,18). The number of H-pyrrole nitrogens is 1. The molecule has 0 bridgehead atoms. The zero-order chi connectivity index (χ0) is 13.3. The van der Waals surface area contributed by atoms with Gasteiger partial charge in [-0.15, -0.1) is 0 Å². The van der Waals surface area contributed by atoms with Crippen LogP contribution in [-0.4, -0.2) is 21.8 Å². The fourth-order valence-electron chi connectivity index (χ4n) is 1.76. The van der Waals surface area contributed by atoms with E-state index in [2.05, 4.69) is 4.98 Å². The second kappa shape index (κ2) is 4.37. The quantitative estimate of drug-likeness (QED) is 0.567. The van der Waals surface area contributed by atoms with Crippen LogP contribution in [0.1, 0.15) is 32.0 Å². The van der Waals surface area contributed by atoms with Crippen LogP contribution in [0.25, 0.3) is 0 Å². The zero-order valence-corrected chi connectivity index (χ0v) is 9.73. The van der Waals surface area contributed by atoms with Gasteiger partial charge in [-0.25, -0.2) is 4.79 Å². The summed E-state index contributed by atoms with van der Waals surface area (Å²) in [6.07, 6.45) is 1.38. The molecule has 5 heteroatoms. The molecule has 1 aromatic carbocycles. The van der Waals surface area contributed by atoms with Crippen molar-refractivity contribution in [3.05, 3.63) is 52.8 Å². The van der Waals surface area contributed by atoms with Crippen molar-refractivity contribution in [2.45, 2.75) is 6.92 Å². The minimum atomic E-state index is -1.10. The highest BCUT2D eigenvalue weighted by atomic mass is 16.4. The van der Waals surface area contributed by atoms with E-state index in [0.717, 1.165) is 5.56 Å². The van der Waals surface area contributed by atoms with Crippen LogP contribution < -0.4 is 5.73 Å². The number of aromatic amines is 1. The molecule has 0 unspecified atom stereocenters. The number of rotatable bonds is 3. The molecule has 2 aromatic rings. The highest BCUT2D eigenvalue weighted by Crippen LogP contribution is 2.16. The van der Waals surface area contributed by atoms with E-state index < -0.39 is 5.97 Å². The Morgan fingerprint density at radius 2 is 1.89 bits per heavy atom. The SMILES string of the molecule is Cc1cc(N)cc(C(=O)c2c[nH]c(C(=O)O)c2)c1. The largest absolute Gasteiger partial charge is 0.477 e. The third kappa shape index (κ3) is 2.24. The topological polar surface area (TPSA) is 96.2 Å². The van der Waals surface area contributed by atoms with Crippen molar-refractivity contribution in [1.82, 2.24) is 4.98 Å². The summed E-state index contributed by atoms with van der Waals surface area (Å²) < 4.78 is 0. The second-order valence-corrected chi connectivity index (χ2v) is 4.07. The van der Waals surface area contributed by atoms with Crippen molar-refractivity contribution >= 4 is 17.4 Å². The summed E-state index contributed by atoms with van der Waals surface area (Å²) >= 11 is 0. The number of ketones is 1. The van der Waals surface area contributed by atoms with E-state index in [9.17, 15) is 9.59 Å². The monoisotopic (exact) mass is 244 g/mol. The third-order valence-corrected chi connectivity index (χ3v) is 2.54. The Labute approximate surface area is 103 Å². The second-order valence-electron chi connectivity index (χ2n) is 4.07. The average Bonchev–Trinajstić information content (AvgIpc) is 2.75. The number of aromatic carboxylic acids is 1. The number of nitrogens with two attached hydrogens (primary N) is 1. The first-order chi connectivity index (χ1) is 8.47. The van der Waals surface area contributed by atoms with Crippen molar-refractivity contribution < 1.29 is 14.7 Å². The molecule has 1 heterocycles. The van der Waals surface area contributed by atoms with Gasteiger partial charge < -0.3 is 15.8 Å². The number of aryl methyl sites for hydroxylation is 1. The fraction of sp³-hybridized carbons (Fsp3) is 0.0769. The molecule has 0 fully saturated rings. The Kier molecular flexibility index (Phi) is 2.89. The Morgan fingerprint density at radius 3 is 2.44 bits per heavy atom. The van der Waals surface area contributed by atoms with Gasteiger partial charge in [-0.1, -0.05) is 0 Å². The number of nitrogen functional groups attached to an aromatic ring is 1. The Morgan fingerprint density at radius 1 is 1.17 bits per heavy atom. The van der Waals surface area contributed by atoms with E-state index in [1.54, 1.807) is 18.2 Å². The number of carbonyl (C=O) groups excluding carboxylic acids is 1. The van der Waals surface area contributed by atoms with Gasteiger partial charge in [0.05, 0.1) is 0 Å². The summed E-state index contributed by atoms with van der Waals surface area (Å²) in [4.78, 5) is 25.4. The number of hydrogen-bond acceptors (Lipinski definition) is 3. The lowest BCUT2D eigenvalue weighted by Gasteiger charge is -2.02. The van der Waals surface area contributed by atoms with E-state index in [1.807, 2.05) is 6.92 Å². The van der Waals surface area contributed by atoms with Crippen LogP contribution >= 0.6 is 0 Å². The van der Waals surface area contributed by atoms with Crippen LogP contribution in [-0.2, 0) is 0 Å². The molecule has 0 radical (unpaired) electrons. The van der Waals surface area contributed by atoms with Gasteiger partial charge in [-0.3, -0.25) is 4.79 Å². The first kappa shape index (κ1) is 11.9. The van der Waals surface area contributed by atoms with Crippen LogP contribution in [0.4, 0.5) is 5.69 Å². The van der Waals surface area contributed by atoms with Crippen LogP contribution in [0.3, 0.4) is 0 Å². The highest BCUT2D eigenvalue weighted by molar-refractivity contribution is 6.10. The summed E-state index contributed by atoms with van der Waals surface area (Å²) in [6.45, 7) is 1.84. The van der Waals surface area contributed by atoms with Crippen molar-refractivity contribution in [1.29, 1.82) is 0 Å². The molecule has 0 aliphatic carbocycles. The van der Waals surface area contributed by atoms with E-state index in [0.29, 0.717) is 16.8 Å². The summed E-state index contributed by atoms with van der Waals surface area (Å²) in [7, 11) is 0. The van der Waals surface area contributed by atoms with Gasteiger partial charge in [0.1, 0.15) is 5.69 Å². The smallest absolute Gasteiger partial charge is 0.352 e. The number of benzene rings is 1. The molecular weight excluding hydrogens is 232 g/mol. The van der Waals surface area contributed by atoms with Crippen molar-refractivity contribution in [3.63, 3.8) is 0 Å². The van der Waals surface area contributed by atoms with Crippen molar-refractivity contribution in [2.75, 3.05) is 5.73 Å². The lowest BCUT2D eigenvalue weighted by molar-refractivity contribution is 0.0691. The maximum atomic E-state index is 12.1. The molecule has 4 N–H and O–H groups in total. The third-order valence-electron chi connectivity index (χ3n) is 2.54. The van der Waals surface area contributed by atoms with Crippen LogP contribution in [0, 0.1) is 6.92 Å². The number of carbonyl (C=O) groups is 2. The zero-order valence-electron chi connectivity index (χ0n) is 9.73. The lowest BCUT2D eigenvalue weighted by atomic mass is 10.0. The molecule has 1 aromatic heterocycles. The maximum Gasteiger partial charge on any atom is 0.352 e. The number of carboxylic acids is 1. The predicted molar refractivity (Wildman–Crippen MR) is 66.8 cm³/mol. The van der Waals surface area contributed by atoms with E-state index in [1.165, 1.54) is 12.3 Å². The molecular formula is C13H12N2O3. The molecule has 18 heavy (non-hydrogen) atoms. The first-order valence-corrected chi connectivity index (χ1v) is 5.31. The van der Waals surface area contributed by atoms with E-state index in [-0.39, 0.29) is 11.5 Å². The van der Waals surface area contributed by atoms with Crippen LogP contribution in [0.2, 0.25) is 0 Å². The summed E-state index contributed by atoms with van der Waals surface area (Å²) in [5.41, 5.74) is 7.80. The molecule has 0 aliphatic heterocycles. The average molecular weight is 244 g/mol. The summed E-state index contributed by atoms with van der Waals surface area (Å²) in [6, 6.07) is 6.36. The first-order valence-electron chi connectivity index (χ1n) is 5.31. The van der Waals surface area contributed by atoms with Gasteiger partial charge in [0.25, 0.3) is 0 Å². The highest BCUT2D eigenvalue weighted by Gasteiger charge is 2.14. The van der Waals surface area contributed by atoms with Gasteiger partial charge in [0.15, 0.2) is 5.78 Å². The number of hydrogen-bond donors (Lipinski definition) is 3. The Balaban J connectivity index is 2.38. The van der Waals surface area contributed by atoms with Gasteiger partial charge in [0.2, 0.25) is 0 Å². The Hall–Kier alpha value is -2.56. The molecule has 0 saturated carbocycles. The molecule has 0 aliphatic rings. The molecule has 0 spiro atoms. The molecule has 92 valence electrons. The lowest BCUT2D eigenvalue weighted by Crippen LogP contribution is -2.02. The van der Waals surface area contributed by atoms with E-state index >= 15 is 0 Å². The molecule has 0 atom stereocenters. The molecule has 2 rings (SSSR count). The normalized spacial score (nSPS) is 10.3. The van der Waals surface area contributed by atoms with Gasteiger partial charge in [-0.2, -0.15) is 0 Å². The number of carboxylic acid groups (broad SMARTS) is 1. The summed E-state index contributed by atoms with van der Waals surface area (Å²) in [5.74, 6) is -1.35. The van der Waals surface area contributed by atoms with Crippen molar-refractivity contribution in [3.8, 4) is 0 Å². The van der Waals surface area contributed by atoms with Gasteiger partial charge in [0, 0.05) is 23.0 Å². The molecule has 5 nitrogen and oxygen atoms in total. The van der Waals surface area contributed by atoms with Crippen LogP contribution in [0.5, 0.6) is 0 Å².